The van der Waals surface area contributed by atoms with Crippen molar-refractivity contribution in [1.29, 1.82) is 0 Å². The third-order valence-electron chi connectivity index (χ3n) is 3.28. The Hall–Kier alpha value is -2.95. The van der Waals surface area contributed by atoms with Crippen LogP contribution < -0.4 is 5.32 Å². The summed E-state index contributed by atoms with van der Waals surface area (Å²) in [6.07, 6.45) is 1.66. The molecule has 0 fully saturated rings. The fraction of sp³-hybridized carbons (Fsp3) is 0.0625. The van der Waals surface area contributed by atoms with Crippen LogP contribution in [-0.4, -0.2) is 21.3 Å². The zero-order chi connectivity index (χ0) is 14.8. The summed E-state index contributed by atoms with van der Waals surface area (Å²) in [6, 6.07) is 12.8. The molecule has 0 bridgehead atoms. The Labute approximate surface area is 121 Å². The highest BCUT2D eigenvalue weighted by atomic mass is 16.4. The van der Waals surface area contributed by atoms with E-state index in [1.165, 1.54) is 0 Å². The summed E-state index contributed by atoms with van der Waals surface area (Å²) in [6.45, 7) is 1.78. The van der Waals surface area contributed by atoms with E-state index in [9.17, 15) is 4.79 Å². The van der Waals surface area contributed by atoms with Gasteiger partial charge in [-0.2, -0.15) is 10.2 Å². The van der Waals surface area contributed by atoms with Gasteiger partial charge in [0.2, 0.25) is 0 Å². The quantitative estimate of drug-likeness (QED) is 0.768. The van der Waals surface area contributed by atoms with Crippen molar-refractivity contribution in [2.75, 3.05) is 5.32 Å². The van der Waals surface area contributed by atoms with Crippen molar-refractivity contribution in [2.24, 2.45) is 0 Å². The molecule has 3 rings (SSSR count). The molecule has 0 radical (unpaired) electrons. The highest BCUT2D eigenvalue weighted by Crippen LogP contribution is 2.25. The van der Waals surface area contributed by atoms with E-state index in [1.54, 1.807) is 31.3 Å². The largest absolute Gasteiger partial charge is 0.478 e. The first-order chi connectivity index (χ1) is 10.1. The third kappa shape index (κ3) is 2.53. The average Bonchev–Trinajstić information content (AvgIpc) is 2.47. The predicted molar refractivity (Wildman–Crippen MR) is 81.0 cm³/mol. The molecule has 21 heavy (non-hydrogen) atoms. The predicted octanol–water partition coefficient (Wildman–Crippen LogP) is 3.38. The maximum absolute atomic E-state index is 11.0. The molecule has 0 saturated carbocycles. The molecule has 1 aromatic heterocycles. The van der Waals surface area contributed by atoms with E-state index in [0.717, 1.165) is 22.3 Å². The van der Waals surface area contributed by atoms with E-state index < -0.39 is 5.97 Å². The van der Waals surface area contributed by atoms with Crippen LogP contribution in [0.1, 0.15) is 15.9 Å². The summed E-state index contributed by atoms with van der Waals surface area (Å²) >= 11 is 0. The first-order valence-electron chi connectivity index (χ1n) is 6.46. The highest BCUT2D eigenvalue weighted by Gasteiger charge is 2.08. The molecular formula is C16H13N3O2. The molecule has 0 aliphatic heterocycles. The van der Waals surface area contributed by atoms with E-state index >= 15 is 0 Å². The second-order valence-electron chi connectivity index (χ2n) is 4.74. The van der Waals surface area contributed by atoms with Crippen LogP contribution in [0.25, 0.3) is 10.9 Å². The standard InChI is InChI=1S/C16H13N3O2/c1-10-8-11(6-7-12(10)16(20)21)18-15-9-17-19-14-5-3-2-4-13(14)15/h2-9H,1H3,(H,18,19)(H,20,21). The van der Waals surface area contributed by atoms with Crippen LogP contribution in [0.3, 0.4) is 0 Å². The lowest BCUT2D eigenvalue weighted by atomic mass is 10.1. The summed E-state index contributed by atoms with van der Waals surface area (Å²) in [5.74, 6) is -0.921. The number of aromatic carboxylic acids is 1. The van der Waals surface area contributed by atoms with Crippen molar-refractivity contribution >= 4 is 28.2 Å². The Bertz CT molecular complexity index is 825. The zero-order valence-electron chi connectivity index (χ0n) is 11.4. The first kappa shape index (κ1) is 13.1. The number of hydrogen-bond donors (Lipinski definition) is 2. The van der Waals surface area contributed by atoms with Gasteiger partial charge in [-0.25, -0.2) is 4.79 Å². The molecule has 0 unspecified atom stereocenters. The van der Waals surface area contributed by atoms with Gasteiger partial charge in [-0.3, -0.25) is 0 Å². The molecule has 2 N–H and O–H groups in total. The molecule has 3 aromatic rings. The normalized spacial score (nSPS) is 10.5. The number of carboxylic acid groups (broad SMARTS) is 1. The fourth-order valence-corrected chi connectivity index (χ4v) is 2.24. The Balaban J connectivity index is 1.99. The van der Waals surface area contributed by atoms with Crippen LogP contribution >= 0.6 is 0 Å². The number of benzene rings is 2. The number of carboxylic acids is 1. The monoisotopic (exact) mass is 279 g/mol. The van der Waals surface area contributed by atoms with Gasteiger partial charge in [-0.1, -0.05) is 18.2 Å². The molecule has 0 aliphatic rings. The summed E-state index contributed by atoms with van der Waals surface area (Å²) < 4.78 is 0. The van der Waals surface area contributed by atoms with Crippen molar-refractivity contribution in [3.63, 3.8) is 0 Å². The smallest absolute Gasteiger partial charge is 0.335 e. The van der Waals surface area contributed by atoms with Crippen LogP contribution in [0.2, 0.25) is 0 Å². The number of nitrogens with zero attached hydrogens (tertiary/aromatic N) is 2. The van der Waals surface area contributed by atoms with Crippen molar-refractivity contribution in [3.05, 3.63) is 59.8 Å². The number of aromatic nitrogens is 2. The number of anilines is 2. The maximum atomic E-state index is 11.0. The van der Waals surface area contributed by atoms with Crippen LogP contribution in [0.15, 0.2) is 48.7 Å². The van der Waals surface area contributed by atoms with E-state index in [4.69, 9.17) is 5.11 Å². The Kier molecular flexibility index (Phi) is 3.23. The van der Waals surface area contributed by atoms with Gasteiger partial charge in [0.15, 0.2) is 0 Å². The average molecular weight is 279 g/mol. The minimum Gasteiger partial charge on any atom is -0.478 e. The van der Waals surface area contributed by atoms with Crippen LogP contribution in [0.4, 0.5) is 11.4 Å². The topological polar surface area (TPSA) is 75.1 Å². The highest BCUT2D eigenvalue weighted by molar-refractivity contribution is 5.93. The molecule has 0 atom stereocenters. The summed E-state index contributed by atoms with van der Waals surface area (Å²) in [5, 5.41) is 21.3. The fourth-order valence-electron chi connectivity index (χ4n) is 2.24. The van der Waals surface area contributed by atoms with E-state index in [2.05, 4.69) is 15.5 Å². The number of aryl methyl sites for hydroxylation is 1. The summed E-state index contributed by atoms with van der Waals surface area (Å²) in [5.41, 5.74) is 3.47. The van der Waals surface area contributed by atoms with Gasteiger partial charge in [0.05, 0.1) is 23.0 Å². The van der Waals surface area contributed by atoms with E-state index in [1.807, 2.05) is 24.3 Å². The lowest BCUT2D eigenvalue weighted by molar-refractivity contribution is 0.0696. The maximum Gasteiger partial charge on any atom is 0.335 e. The van der Waals surface area contributed by atoms with Crippen molar-refractivity contribution in [3.8, 4) is 0 Å². The minimum atomic E-state index is -0.921. The lowest BCUT2D eigenvalue weighted by Gasteiger charge is -2.10. The molecule has 104 valence electrons. The Morgan fingerprint density at radius 1 is 1.19 bits per heavy atom. The zero-order valence-corrected chi connectivity index (χ0v) is 11.4. The van der Waals surface area contributed by atoms with Gasteiger partial charge >= 0.3 is 5.97 Å². The lowest BCUT2D eigenvalue weighted by Crippen LogP contribution is -2.01. The van der Waals surface area contributed by atoms with E-state index in [-0.39, 0.29) is 0 Å². The Morgan fingerprint density at radius 2 is 2.00 bits per heavy atom. The second-order valence-corrected chi connectivity index (χ2v) is 4.74. The van der Waals surface area contributed by atoms with Gasteiger partial charge < -0.3 is 10.4 Å². The molecule has 0 amide bonds. The van der Waals surface area contributed by atoms with Gasteiger partial charge in [-0.15, -0.1) is 0 Å². The molecular weight excluding hydrogens is 266 g/mol. The first-order valence-corrected chi connectivity index (χ1v) is 6.46. The Morgan fingerprint density at radius 3 is 2.76 bits per heavy atom. The van der Waals surface area contributed by atoms with Gasteiger partial charge in [0.1, 0.15) is 0 Å². The van der Waals surface area contributed by atoms with Gasteiger partial charge in [0.25, 0.3) is 0 Å². The van der Waals surface area contributed by atoms with E-state index in [0.29, 0.717) is 11.1 Å². The summed E-state index contributed by atoms with van der Waals surface area (Å²) in [4.78, 5) is 11.0. The second kappa shape index (κ2) is 5.20. The molecule has 1 heterocycles. The molecule has 0 aliphatic carbocycles. The van der Waals surface area contributed by atoms with Crippen molar-refractivity contribution in [2.45, 2.75) is 6.92 Å². The molecule has 0 spiro atoms. The number of rotatable bonds is 3. The van der Waals surface area contributed by atoms with Crippen LogP contribution in [0.5, 0.6) is 0 Å². The summed E-state index contributed by atoms with van der Waals surface area (Å²) in [7, 11) is 0. The number of carbonyl (C=O) groups is 1. The van der Waals surface area contributed by atoms with Crippen LogP contribution in [-0.2, 0) is 0 Å². The minimum absolute atomic E-state index is 0.304. The molecule has 0 saturated heterocycles. The number of nitrogens with one attached hydrogen (secondary N) is 1. The van der Waals surface area contributed by atoms with Crippen molar-refractivity contribution < 1.29 is 9.90 Å². The SMILES string of the molecule is Cc1cc(Nc2cnnc3ccccc23)ccc1C(=O)O. The van der Waals surface area contributed by atoms with Gasteiger partial charge in [-0.05, 0) is 36.8 Å². The molecule has 5 nitrogen and oxygen atoms in total. The molecule has 2 aromatic carbocycles. The van der Waals surface area contributed by atoms with Crippen LogP contribution in [0, 0.1) is 6.92 Å². The number of fused-ring (bicyclic) bond motifs is 1. The van der Waals surface area contributed by atoms with Crippen molar-refractivity contribution in [1.82, 2.24) is 10.2 Å². The third-order valence-corrected chi connectivity index (χ3v) is 3.28. The number of hydrogen-bond acceptors (Lipinski definition) is 4. The van der Waals surface area contributed by atoms with Gasteiger partial charge in [0, 0.05) is 11.1 Å². The molecule has 5 heteroatoms.